The number of hydrogen-bond donors (Lipinski definition) is 1. The Morgan fingerprint density at radius 2 is 2.24 bits per heavy atom. The number of rotatable bonds is 3. The fraction of sp³-hybridized carbons (Fsp3) is 0.500. The zero-order chi connectivity index (χ0) is 15.2. The molecule has 0 aliphatic heterocycles. The minimum absolute atomic E-state index is 0.111. The predicted octanol–water partition coefficient (Wildman–Crippen LogP) is 2.18. The molecule has 0 bridgehead atoms. The molecule has 5 heteroatoms. The van der Waals surface area contributed by atoms with Crippen LogP contribution in [0, 0.1) is 11.3 Å². The summed E-state index contributed by atoms with van der Waals surface area (Å²) in [6.45, 7) is 4.74. The maximum absolute atomic E-state index is 12.2. The largest absolute Gasteiger partial charge is 0.419 e. The van der Waals surface area contributed by atoms with Gasteiger partial charge in [-0.1, -0.05) is 19.9 Å². The van der Waals surface area contributed by atoms with Crippen molar-refractivity contribution in [3.05, 3.63) is 34.3 Å². The normalized spacial score (nSPS) is 20.2. The number of amides is 1. The molecule has 2 aromatic rings. The van der Waals surface area contributed by atoms with E-state index >= 15 is 0 Å². The Balaban J connectivity index is 1.72. The molecule has 3 rings (SSSR count). The summed E-state index contributed by atoms with van der Waals surface area (Å²) in [5.41, 5.74) is 2.39. The number of nitrogens with one attached hydrogen (secondary N) is 1. The van der Waals surface area contributed by atoms with Crippen molar-refractivity contribution in [1.29, 1.82) is 0 Å². The molecule has 1 aliphatic rings. The second-order valence-electron chi connectivity index (χ2n) is 6.53. The van der Waals surface area contributed by atoms with E-state index in [9.17, 15) is 9.59 Å². The van der Waals surface area contributed by atoms with Crippen molar-refractivity contribution in [2.45, 2.75) is 33.2 Å². The van der Waals surface area contributed by atoms with Gasteiger partial charge in [0, 0.05) is 19.5 Å². The number of oxazole rings is 1. The van der Waals surface area contributed by atoms with Crippen LogP contribution in [0.2, 0.25) is 0 Å². The van der Waals surface area contributed by atoms with Gasteiger partial charge in [0.15, 0.2) is 5.58 Å². The van der Waals surface area contributed by atoms with Crippen molar-refractivity contribution in [3.63, 3.8) is 0 Å². The Morgan fingerprint density at radius 1 is 1.48 bits per heavy atom. The van der Waals surface area contributed by atoms with Gasteiger partial charge in [-0.2, -0.15) is 0 Å². The maximum atomic E-state index is 12.2. The average Bonchev–Trinajstić information content (AvgIpc) is 2.71. The highest BCUT2D eigenvalue weighted by Gasteiger charge is 2.42. The van der Waals surface area contributed by atoms with Crippen LogP contribution in [0.15, 0.2) is 27.4 Å². The van der Waals surface area contributed by atoms with E-state index < -0.39 is 0 Å². The van der Waals surface area contributed by atoms with Crippen LogP contribution in [0.25, 0.3) is 11.1 Å². The van der Waals surface area contributed by atoms with E-state index in [0.29, 0.717) is 12.1 Å². The second-order valence-corrected chi connectivity index (χ2v) is 6.53. The van der Waals surface area contributed by atoms with Crippen molar-refractivity contribution in [2.75, 3.05) is 0 Å². The molecule has 0 radical (unpaired) electrons. The summed E-state index contributed by atoms with van der Waals surface area (Å²) in [6.07, 6.45) is 2.07. The molecule has 1 N–H and O–H groups in total. The van der Waals surface area contributed by atoms with E-state index in [4.69, 9.17) is 4.42 Å². The quantitative estimate of drug-likeness (QED) is 0.941. The van der Waals surface area contributed by atoms with Crippen molar-refractivity contribution < 1.29 is 9.21 Å². The molecule has 112 valence electrons. The number of hydrogen-bond acceptors (Lipinski definition) is 3. The van der Waals surface area contributed by atoms with Crippen molar-refractivity contribution in [3.8, 4) is 0 Å². The minimum atomic E-state index is -0.373. The molecule has 21 heavy (non-hydrogen) atoms. The molecule has 1 amide bonds. The summed E-state index contributed by atoms with van der Waals surface area (Å²) in [5, 5.41) is 2.99. The lowest BCUT2D eigenvalue weighted by Crippen LogP contribution is -2.45. The first kappa shape index (κ1) is 13.9. The summed E-state index contributed by atoms with van der Waals surface area (Å²) >= 11 is 0. The molecular formula is C16H20N2O3. The first-order chi connectivity index (χ1) is 9.88. The third kappa shape index (κ3) is 2.37. The van der Waals surface area contributed by atoms with Gasteiger partial charge in [0.05, 0.1) is 5.52 Å². The zero-order valence-corrected chi connectivity index (χ0v) is 12.6. The van der Waals surface area contributed by atoms with E-state index in [1.807, 2.05) is 12.1 Å². The summed E-state index contributed by atoms with van der Waals surface area (Å²) in [5.74, 6) is -0.144. The molecule has 1 unspecified atom stereocenters. The highest BCUT2D eigenvalue weighted by molar-refractivity contribution is 5.80. The van der Waals surface area contributed by atoms with E-state index in [-0.39, 0.29) is 23.0 Å². The van der Waals surface area contributed by atoms with Crippen LogP contribution in [0.5, 0.6) is 0 Å². The standard InChI is InChI=1S/C16H20N2O3/c1-16(2)7-6-11(16)14(19)17-9-10-4-5-13-12(8-10)18(3)15(20)21-13/h4-5,8,11H,6-7,9H2,1-3H3,(H,17,19). The highest BCUT2D eigenvalue weighted by atomic mass is 16.4. The van der Waals surface area contributed by atoms with Crippen LogP contribution in [-0.4, -0.2) is 10.5 Å². The molecule has 1 saturated carbocycles. The van der Waals surface area contributed by atoms with Crippen LogP contribution in [0.1, 0.15) is 32.3 Å². The third-order valence-corrected chi connectivity index (χ3v) is 4.66. The number of aryl methyl sites for hydroxylation is 1. The van der Waals surface area contributed by atoms with E-state index in [1.165, 1.54) is 4.57 Å². The number of benzene rings is 1. The Kier molecular flexibility index (Phi) is 3.15. The molecule has 0 spiro atoms. The monoisotopic (exact) mass is 288 g/mol. The topological polar surface area (TPSA) is 64.2 Å². The van der Waals surface area contributed by atoms with Gasteiger partial charge >= 0.3 is 5.76 Å². The van der Waals surface area contributed by atoms with E-state index in [0.717, 1.165) is 23.9 Å². The third-order valence-electron chi connectivity index (χ3n) is 4.66. The van der Waals surface area contributed by atoms with Gasteiger partial charge in [-0.3, -0.25) is 9.36 Å². The number of nitrogens with zero attached hydrogens (tertiary/aromatic N) is 1. The van der Waals surface area contributed by atoms with Gasteiger partial charge in [-0.25, -0.2) is 4.79 Å². The molecule has 1 heterocycles. The second kappa shape index (κ2) is 4.76. The molecule has 5 nitrogen and oxygen atoms in total. The van der Waals surface area contributed by atoms with E-state index in [1.54, 1.807) is 13.1 Å². The lowest BCUT2D eigenvalue weighted by Gasteiger charge is -2.43. The molecule has 0 saturated heterocycles. The van der Waals surface area contributed by atoms with Gasteiger partial charge in [0.25, 0.3) is 0 Å². The van der Waals surface area contributed by atoms with Gasteiger partial charge in [0.2, 0.25) is 5.91 Å². The molecule has 1 atom stereocenters. The highest BCUT2D eigenvalue weighted by Crippen LogP contribution is 2.45. The molecule has 1 fully saturated rings. The number of carbonyl (C=O) groups excluding carboxylic acids is 1. The lowest BCUT2D eigenvalue weighted by atomic mass is 9.62. The number of aromatic nitrogens is 1. The SMILES string of the molecule is Cn1c(=O)oc2ccc(CNC(=O)C3CCC3(C)C)cc21. The lowest BCUT2D eigenvalue weighted by molar-refractivity contribution is -0.134. The Bertz CT molecular complexity index is 754. The van der Waals surface area contributed by atoms with Crippen molar-refractivity contribution in [2.24, 2.45) is 18.4 Å². The summed E-state index contributed by atoms with van der Waals surface area (Å²) in [7, 11) is 1.67. The zero-order valence-electron chi connectivity index (χ0n) is 12.6. The molecule has 1 aromatic heterocycles. The predicted molar refractivity (Wildman–Crippen MR) is 79.8 cm³/mol. The van der Waals surface area contributed by atoms with Crippen LogP contribution in [0.4, 0.5) is 0 Å². The van der Waals surface area contributed by atoms with Crippen molar-refractivity contribution >= 4 is 17.0 Å². The first-order valence-electron chi connectivity index (χ1n) is 7.25. The summed E-state index contributed by atoms with van der Waals surface area (Å²) in [4.78, 5) is 23.6. The van der Waals surface area contributed by atoms with Gasteiger partial charge in [0.1, 0.15) is 0 Å². The maximum Gasteiger partial charge on any atom is 0.419 e. The van der Waals surface area contributed by atoms with Crippen LogP contribution in [0.3, 0.4) is 0 Å². The smallest absolute Gasteiger partial charge is 0.408 e. The fourth-order valence-electron chi connectivity index (χ4n) is 2.95. The first-order valence-corrected chi connectivity index (χ1v) is 7.25. The fourth-order valence-corrected chi connectivity index (χ4v) is 2.95. The molecular weight excluding hydrogens is 268 g/mol. The number of fused-ring (bicyclic) bond motifs is 1. The minimum Gasteiger partial charge on any atom is -0.408 e. The van der Waals surface area contributed by atoms with Crippen LogP contribution >= 0.6 is 0 Å². The van der Waals surface area contributed by atoms with E-state index in [2.05, 4.69) is 19.2 Å². The summed E-state index contributed by atoms with van der Waals surface area (Å²) in [6, 6.07) is 5.52. The molecule has 1 aromatic carbocycles. The average molecular weight is 288 g/mol. The van der Waals surface area contributed by atoms with Crippen LogP contribution < -0.4 is 11.1 Å². The Labute approximate surface area is 122 Å². The summed E-state index contributed by atoms with van der Waals surface area (Å²) < 4.78 is 6.56. The molecule has 1 aliphatic carbocycles. The Morgan fingerprint density at radius 3 is 2.86 bits per heavy atom. The van der Waals surface area contributed by atoms with Crippen molar-refractivity contribution in [1.82, 2.24) is 9.88 Å². The van der Waals surface area contributed by atoms with Gasteiger partial charge < -0.3 is 9.73 Å². The number of carbonyl (C=O) groups is 1. The van der Waals surface area contributed by atoms with Crippen LogP contribution in [-0.2, 0) is 18.4 Å². The Hall–Kier alpha value is -2.04. The van der Waals surface area contributed by atoms with Gasteiger partial charge in [-0.15, -0.1) is 0 Å². The van der Waals surface area contributed by atoms with Gasteiger partial charge in [-0.05, 0) is 36.0 Å².